The SMILES string of the molecule is O=C1CC[C@H](Nc2ccc(C3CCN(CC(=O)N4CCC(Cc5ccc(-c6cc(F)c7c(c6)C(=O)N(C(C(=O)Nc6nccs6)c6ncn8c6CCC8)C7)cc5)CC4)CC3)c(F)c2)C(=O)N1. The number of anilines is 2. The number of thiazole rings is 1. The van der Waals surface area contributed by atoms with Crippen LogP contribution in [0.4, 0.5) is 19.6 Å². The van der Waals surface area contributed by atoms with E-state index in [4.69, 9.17) is 0 Å². The summed E-state index contributed by atoms with van der Waals surface area (Å²) < 4.78 is 33.2. The number of hydrogen-bond donors (Lipinski definition) is 3. The third kappa shape index (κ3) is 8.97. The van der Waals surface area contributed by atoms with Crippen molar-refractivity contribution >= 4 is 51.7 Å². The Morgan fingerprint density at radius 1 is 0.864 bits per heavy atom. The van der Waals surface area contributed by atoms with E-state index in [0.717, 1.165) is 68.3 Å². The Morgan fingerprint density at radius 2 is 1.67 bits per heavy atom. The molecule has 17 heteroatoms. The molecule has 342 valence electrons. The number of nitrogens with one attached hydrogen (secondary N) is 3. The van der Waals surface area contributed by atoms with Crippen molar-refractivity contribution in [1.82, 2.24) is 34.6 Å². The largest absolute Gasteiger partial charge is 0.374 e. The number of piperidine rings is 3. The number of fused-ring (bicyclic) bond motifs is 2. The van der Waals surface area contributed by atoms with Crippen molar-refractivity contribution in [2.24, 2.45) is 5.92 Å². The number of imide groups is 1. The molecule has 3 N–H and O–H groups in total. The van der Waals surface area contributed by atoms with Gasteiger partial charge in [-0.15, -0.1) is 11.3 Å². The van der Waals surface area contributed by atoms with Crippen LogP contribution in [0.2, 0.25) is 0 Å². The molecular weight excluding hydrogens is 865 g/mol. The van der Waals surface area contributed by atoms with Gasteiger partial charge in [0.15, 0.2) is 11.2 Å². The van der Waals surface area contributed by atoms with Crippen molar-refractivity contribution in [2.45, 2.75) is 88.9 Å². The number of aryl methyl sites for hydroxylation is 1. The predicted octanol–water partition coefficient (Wildman–Crippen LogP) is 6.44. The quantitative estimate of drug-likeness (QED) is 0.120. The van der Waals surface area contributed by atoms with Crippen LogP contribution in [0, 0.1) is 17.6 Å². The molecule has 14 nitrogen and oxygen atoms in total. The number of rotatable bonds is 12. The molecule has 10 rings (SSSR count). The van der Waals surface area contributed by atoms with Gasteiger partial charge in [-0.2, -0.15) is 0 Å². The topological polar surface area (TPSA) is 162 Å². The molecule has 5 amide bonds. The van der Waals surface area contributed by atoms with Crippen LogP contribution in [-0.4, -0.2) is 97.5 Å². The van der Waals surface area contributed by atoms with Crippen molar-refractivity contribution in [2.75, 3.05) is 43.4 Å². The number of hydrogen-bond acceptors (Lipinski definition) is 10. The number of aromatic nitrogens is 3. The molecule has 2 atom stereocenters. The highest BCUT2D eigenvalue weighted by molar-refractivity contribution is 7.13. The smallest absolute Gasteiger partial charge is 0.255 e. The van der Waals surface area contributed by atoms with Gasteiger partial charge >= 0.3 is 0 Å². The van der Waals surface area contributed by atoms with Crippen LogP contribution in [-0.2, 0) is 45.1 Å². The van der Waals surface area contributed by atoms with E-state index in [1.807, 2.05) is 33.7 Å². The number of carbonyl (C=O) groups is 5. The van der Waals surface area contributed by atoms with Crippen LogP contribution in [0.15, 0.2) is 72.5 Å². The maximum atomic E-state index is 15.9. The Hall–Kier alpha value is -6.33. The third-order valence-corrected chi connectivity index (χ3v) is 14.7. The zero-order valence-corrected chi connectivity index (χ0v) is 37.3. The number of imidazole rings is 1. The van der Waals surface area contributed by atoms with Crippen molar-refractivity contribution < 1.29 is 32.8 Å². The zero-order chi connectivity index (χ0) is 45.5. The Bertz CT molecular complexity index is 2680. The van der Waals surface area contributed by atoms with E-state index in [0.29, 0.717) is 72.7 Å². The third-order valence-electron chi connectivity index (χ3n) is 14.0. The molecule has 5 aliphatic rings. The molecule has 3 aromatic carbocycles. The van der Waals surface area contributed by atoms with Gasteiger partial charge in [-0.25, -0.2) is 18.7 Å². The summed E-state index contributed by atoms with van der Waals surface area (Å²) in [7, 11) is 0. The van der Waals surface area contributed by atoms with Crippen molar-refractivity contribution in [3.05, 3.63) is 118 Å². The Kier molecular flexibility index (Phi) is 12.2. The molecule has 3 fully saturated rings. The van der Waals surface area contributed by atoms with Gasteiger partial charge in [-0.1, -0.05) is 30.3 Å². The van der Waals surface area contributed by atoms with Gasteiger partial charge in [-0.05, 0) is 123 Å². The van der Waals surface area contributed by atoms with Crippen LogP contribution in [0.25, 0.3) is 11.1 Å². The van der Waals surface area contributed by atoms with Gasteiger partial charge in [0, 0.05) is 60.1 Å². The second-order valence-electron chi connectivity index (χ2n) is 18.2. The number of halogens is 2. The highest BCUT2D eigenvalue weighted by atomic mass is 32.1. The Morgan fingerprint density at radius 3 is 2.41 bits per heavy atom. The zero-order valence-electron chi connectivity index (χ0n) is 36.4. The average Bonchev–Trinajstić information content (AvgIpc) is 4.14. The first-order valence-electron chi connectivity index (χ1n) is 22.9. The summed E-state index contributed by atoms with van der Waals surface area (Å²) in [4.78, 5) is 79.3. The van der Waals surface area contributed by atoms with Crippen LogP contribution < -0.4 is 16.0 Å². The van der Waals surface area contributed by atoms with Gasteiger partial charge in [0.25, 0.3) is 11.8 Å². The Labute approximate surface area is 384 Å². The second kappa shape index (κ2) is 18.5. The molecule has 0 aliphatic carbocycles. The lowest BCUT2D eigenvalue weighted by molar-refractivity contribution is -0.135. The maximum Gasteiger partial charge on any atom is 0.255 e. The van der Waals surface area contributed by atoms with E-state index in [1.54, 1.807) is 36.1 Å². The minimum Gasteiger partial charge on any atom is -0.374 e. The van der Waals surface area contributed by atoms with Crippen molar-refractivity contribution in [1.29, 1.82) is 0 Å². The van der Waals surface area contributed by atoms with E-state index in [-0.39, 0.29) is 47.6 Å². The van der Waals surface area contributed by atoms with Gasteiger partial charge in [0.2, 0.25) is 17.7 Å². The fraction of sp³-hybridized carbons (Fsp3) is 0.408. The molecule has 0 saturated carbocycles. The van der Waals surface area contributed by atoms with Crippen LogP contribution in [0.3, 0.4) is 0 Å². The van der Waals surface area contributed by atoms with Crippen LogP contribution in [0.1, 0.15) is 95.3 Å². The van der Waals surface area contributed by atoms with Crippen LogP contribution in [0.5, 0.6) is 0 Å². The number of carbonyl (C=O) groups excluding carboxylic acids is 5. The van der Waals surface area contributed by atoms with E-state index in [1.165, 1.54) is 28.4 Å². The molecule has 66 heavy (non-hydrogen) atoms. The van der Waals surface area contributed by atoms with Gasteiger partial charge < -0.3 is 19.7 Å². The monoisotopic (exact) mass is 915 g/mol. The summed E-state index contributed by atoms with van der Waals surface area (Å²) >= 11 is 1.28. The lowest BCUT2D eigenvalue weighted by atomic mass is 9.88. The maximum absolute atomic E-state index is 15.9. The fourth-order valence-electron chi connectivity index (χ4n) is 10.4. The number of amides is 5. The van der Waals surface area contributed by atoms with Gasteiger partial charge in [0.1, 0.15) is 17.7 Å². The van der Waals surface area contributed by atoms with Crippen LogP contribution >= 0.6 is 11.3 Å². The van der Waals surface area contributed by atoms with Crippen molar-refractivity contribution in [3.63, 3.8) is 0 Å². The molecule has 0 radical (unpaired) electrons. The molecule has 7 heterocycles. The second-order valence-corrected chi connectivity index (χ2v) is 19.1. The summed E-state index contributed by atoms with van der Waals surface area (Å²) in [5, 5.41) is 10.4. The number of nitrogens with zero attached hydrogens (tertiary/aromatic N) is 6. The van der Waals surface area contributed by atoms with Gasteiger partial charge in [0.05, 0.1) is 25.1 Å². The minimum absolute atomic E-state index is 0.0406. The normalized spacial score (nSPS) is 19.7. The highest BCUT2D eigenvalue weighted by Gasteiger charge is 2.42. The summed E-state index contributed by atoms with van der Waals surface area (Å²) in [6, 6.07) is 14.5. The molecule has 0 bridgehead atoms. The van der Waals surface area contributed by atoms with E-state index >= 15 is 8.78 Å². The summed E-state index contributed by atoms with van der Waals surface area (Å²) in [5.41, 5.74) is 5.57. The lowest BCUT2D eigenvalue weighted by Gasteiger charge is -2.36. The average molecular weight is 916 g/mol. The number of likely N-dealkylation sites (tertiary alicyclic amines) is 2. The molecule has 2 aromatic heterocycles. The molecule has 1 unspecified atom stereocenters. The molecular formula is C49H51F2N9O5S. The first kappa shape index (κ1) is 43.6. The van der Waals surface area contributed by atoms with E-state index < -0.39 is 35.6 Å². The standard InChI is InChI=1S/C49H51F2N9O5S/c50-38-24-33(23-36-37(38)26-60(48(36)65)45(47(64)56-49-52-15-21-66-49)44-41-2-1-16-59(41)28-53-44)31-5-3-29(4-6-31)22-30-11-19-58(20-12-30)43(62)27-57-17-13-32(14-18-57)35-8-7-34(25-39(35)51)54-40-9-10-42(61)55-46(40)63/h3-8,15,21,23-25,28,30,32,40,45,54H,1-2,9-14,16-20,22,26-27H2,(H,52,56,64)(H,55,61,63)/t40-,45?/m0/s1. The first-order chi connectivity index (χ1) is 32.0. The van der Waals surface area contributed by atoms with E-state index in [9.17, 15) is 24.0 Å². The fourth-order valence-corrected chi connectivity index (χ4v) is 10.9. The molecule has 0 spiro atoms. The van der Waals surface area contributed by atoms with E-state index in [2.05, 4.69) is 30.8 Å². The highest BCUT2D eigenvalue weighted by Crippen LogP contribution is 2.38. The lowest BCUT2D eigenvalue weighted by Crippen LogP contribution is -2.47. The molecule has 3 saturated heterocycles. The Balaban J connectivity index is 0.706. The molecule has 5 aliphatic heterocycles. The predicted molar refractivity (Wildman–Crippen MR) is 243 cm³/mol. The summed E-state index contributed by atoms with van der Waals surface area (Å²) in [5.74, 6) is -1.81. The van der Waals surface area contributed by atoms with Gasteiger partial charge in [-0.3, -0.25) is 39.5 Å². The number of benzene rings is 3. The summed E-state index contributed by atoms with van der Waals surface area (Å²) in [6.07, 6.45) is 9.69. The first-order valence-corrected chi connectivity index (χ1v) is 23.8. The molecule has 5 aromatic rings. The van der Waals surface area contributed by atoms with Crippen molar-refractivity contribution in [3.8, 4) is 11.1 Å². The summed E-state index contributed by atoms with van der Waals surface area (Å²) in [6.45, 7) is 3.87. The minimum atomic E-state index is -1.05.